The molecule has 0 radical (unpaired) electrons. The second-order valence-corrected chi connectivity index (χ2v) is 9.22. The van der Waals surface area contributed by atoms with Crippen LogP contribution in [0, 0.1) is 0 Å². The van der Waals surface area contributed by atoms with E-state index in [4.69, 9.17) is 9.84 Å². The highest BCUT2D eigenvalue weighted by Crippen LogP contribution is 2.38. The Morgan fingerprint density at radius 3 is 1.97 bits per heavy atom. The van der Waals surface area contributed by atoms with Crippen molar-refractivity contribution in [3.63, 3.8) is 0 Å². The Bertz CT molecular complexity index is 1470. The van der Waals surface area contributed by atoms with Crippen LogP contribution in [0.2, 0.25) is 0 Å². The van der Waals surface area contributed by atoms with E-state index in [1.54, 1.807) is 4.72 Å². The van der Waals surface area contributed by atoms with Gasteiger partial charge in [-0.15, -0.1) is 0 Å². The fourth-order valence-electron chi connectivity index (χ4n) is 3.23. The number of hydrogen-bond acceptors (Lipinski definition) is 5. The molecule has 0 saturated carbocycles. The minimum atomic E-state index is -5.20. The zero-order valence-electron chi connectivity index (χ0n) is 18.9. The summed E-state index contributed by atoms with van der Waals surface area (Å²) in [4.78, 5) is 23.3. The zero-order chi connectivity index (χ0) is 28.5. The highest BCUT2D eigenvalue weighted by Gasteiger charge is 2.37. The van der Waals surface area contributed by atoms with Crippen LogP contribution in [0.1, 0.15) is 31.8 Å². The summed E-state index contributed by atoms with van der Waals surface area (Å²) in [6.45, 7) is 0. The molecule has 0 bridgehead atoms. The Kier molecular flexibility index (Phi) is 7.63. The predicted octanol–water partition coefficient (Wildman–Crippen LogP) is 5.48. The van der Waals surface area contributed by atoms with Gasteiger partial charge in [-0.1, -0.05) is 12.1 Å². The summed E-state index contributed by atoms with van der Waals surface area (Å²) in [7, 11) is -3.67. The second-order valence-electron chi connectivity index (χ2n) is 7.57. The van der Waals surface area contributed by atoms with Crippen molar-refractivity contribution < 1.29 is 54.2 Å². The summed E-state index contributed by atoms with van der Waals surface area (Å²) >= 11 is 0. The number of para-hydroxylation sites is 1. The van der Waals surface area contributed by atoms with Gasteiger partial charge in [0, 0.05) is 5.56 Å². The van der Waals surface area contributed by atoms with E-state index in [0.29, 0.717) is 0 Å². The number of halogens is 6. The normalized spacial score (nSPS) is 12.1. The summed E-state index contributed by atoms with van der Waals surface area (Å²) in [6, 6.07) is 8.13. The lowest BCUT2D eigenvalue weighted by Gasteiger charge is -2.17. The fraction of sp³-hybridized carbons (Fsp3) is 0.130. The minimum absolute atomic E-state index is 0.139. The molecule has 0 aromatic heterocycles. The average Bonchev–Trinajstić information content (AvgIpc) is 2.82. The maximum Gasteiger partial charge on any atom is 0.416 e. The van der Waals surface area contributed by atoms with E-state index in [1.165, 1.54) is 12.1 Å². The third-order valence-electron chi connectivity index (χ3n) is 4.96. The smallest absolute Gasteiger partial charge is 0.416 e. The van der Waals surface area contributed by atoms with Gasteiger partial charge in [0.2, 0.25) is 0 Å². The molecule has 0 saturated heterocycles. The minimum Gasteiger partial charge on any atom is -0.496 e. The molecule has 0 aliphatic heterocycles. The van der Waals surface area contributed by atoms with Crippen LogP contribution in [0.5, 0.6) is 5.75 Å². The van der Waals surface area contributed by atoms with E-state index in [-0.39, 0.29) is 40.8 Å². The number of anilines is 2. The van der Waals surface area contributed by atoms with E-state index in [0.717, 1.165) is 37.4 Å². The monoisotopic (exact) mass is 562 g/mol. The number of ether oxygens (including phenoxy) is 1. The van der Waals surface area contributed by atoms with Crippen molar-refractivity contribution in [3.05, 3.63) is 82.9 Å². The molecular formula is C23H16F6N2O6S. The predicted molar refractivity (Wildman–Crippen MR) is 122 cm³/mol. The standard InChI is InChI=1S/C23H16F6N2O6S/c1-37-18-8-12(6-7-16(18)21(33)34)20(32)30-17-4-2-3-5-19(17)38(35,36)31-15-10-13(22(24,25)26)9-14(11-15)23(27,28)29/h2-11,31H,1H3,(H,30,32)(H,33,34). The van der Waals surface area contributed by atoms with Crippen molar-refractivity contribution in [1.82, 2.24) is 0 Å². The lowest BCUT2D eigenvalue weighted by Crippen LogP contribution is -2.19. The third kappa shape index (κ3) is 6.34. The Hall–Kier alpha value is -4.27. The van der Waals surface area contributed by atoms with Crippen molar-refractivity contribution in [1.29, 1.82) is 0 Å². The van der Waals surface area contributed by atoms with Crippen LogP contribution in [0.15, 0.2) is 65.6 Å². The molecule has 0 aliphatic carbocycles. The van der Waals surface area contributed by atoms with E-state index in [1.807, 2.05) is 0 Å². The SMILES string of the molecule is COc1cc(C(=O)Nc2ccccc2S(=O)(=O)Nc2cc(C(F)(F)F)cc(C(F)(F)F)c2)ccc1C(=O)O. The molecule has 0 heterocycles. The summed E-state index contributed by atoms with van der Waals surface area (Å²) < 4.78 is 111. The molecule has 0 aliphatic rings. The molecule has 3 aromatic carbocycles. The highest BCUT2D eigenvalue weighted by atomic mass is 32.2. The van der Waals surface area contributed by atoms with E-state index in [9.17, 15) is 44.3 Å². The third-order valence-corrected chi connectivity index (χ3v) is 6.40. The first-order chi connectivity index (χ1) is 17.5. The first kappa shape index (κ1) is 28.3. The number of methoxy groups -OCH3 is 1. The lowest BCUT2D eigenvalue weighted by atomic mass is 10.1. The molecule has 38 heavy (non-hydrogen) atoms. The van der Waals surface area contributed by atoms with Crippen LogP contribution >= 0.6 is 0 Å². The molecule has 3 rings (SSSR count). The van der Waals surface area contributed by atoms with Gasteiger partial charge in [0.25, 0.3) is 15.9 Å². The van der Waals surface area contributed by atoms with Crippen LogP contribution in [-0.4, -0.2) is 32.5 Å². The van der Waals surface area contributed by atoms with Crippen molar-refractivity contribution in [2.24, 2.45) is 0 Å². The summed E-state index contributed by atoms with van der Waals surface area (Å²) in [5.74, 6) is -2.42. The number of hydrogen-bond donors (Lipinski definition) is 3. The van der Waals surface area contributed by atoms with Crippen LogP contribution in [0.4, 0.5) is 37.7 Å². The van der Waals surface area contributed by atoms with Crippen molar-refractivity contribution in [2.45, 2.75) is 17.2 Å². The number of aromatic carboxylic acids is 1. The van der Waals surface area contributed by atoms with Crippen molar-refractivity contribution in [3.8, 4) is 5.75 Å². The van der Waals surface area contributed by atoms with Crippen LogP contribution in [0.25, 0.3) is 0 Å². The quantitative estimate of drug-likeness (QED) is 0.328. The van der Waals surface area contributed by atoms with E-state index >= 15 is 0 Å². The molecule has 1 amide bonds. The Labute approximate surface area is 210 Å². The lowest BCUT2D eigenvalue weighted by molar-refractivity contribution is -0.143. The van der Waals surface area contributed by atoms with Gasteiger partial charge in [0.1, 0.15) is 16.2 Å². The van der Waals surface area contributed by atoms with Gasteiger partial charge >= 0.3 is 18.3 Å². The molecule has 202 valence electrons. The van der Waals surface area contributed by atoms with Crippen LogP contribution in [0.3, 0.4) is 0 Å². The first-order valence-corrected chi connectivity index (χ1v) is 11.7. The van der Waals surface area contributed by atoms with E-state index in [2.05, 4.69) is 5.32 Å². The number of nitrogens with one attached hydrogen (secondary N) is 2. The number of rotatable bonds is 7. The molecule has 3 N–H and O–H groups in total. The fourth-order valence-corrected chi connectivity index (χ4v) is 4.44. The van der Waals surface area contributed by atoms with Crippen LogP contribution in [-0.2, 0) is 22.4 Å². The van der Waals surface area contributed by atoms with Crippen molar-refractivity contribution >= 4 is 33.3 Å². The number of sulfonamides is 1. The zero-order valence-corrected chi connectivity index (χ0v) is 19.8. The molecule has 0 atom stereocenters. The summed E-state index contributed by atoms with van der Waals surface area (Å²) in [5.41, 5.74) is -5.23. The average molecular weight is 562 g/mol. The van der Waals surface area contributed by atoms with E-state index < -0.39 is 56.0 Å². The molecular weight excluding hydrogens is 546 g/mol. The number of carbonyl (C=O) groups excluding carboxylic acids is 1. The Balaban J connectivity index is 1.98. The highest BCUT2D eigenvalue weighted by molar-refractivity contribution is 7.92. The van der Waals surface area contributed by atoms with Gasteiger partial charge in [-0.25, -0.2) is 13.2 Å². The molecule has 8 nitrogen and oxygen atoms in total. The number of carboxylic acid groups (broad SMARTS) is 1. The number of amides is 1. The molecule has 0 spiro atoms. The van der Waals surface area contributed by atoms with Gasteiger partial charge in [-0.2, -0.15) is 26.3 Å². The number of carboxylic acids is 1. The maximum atomic E-state index is 13.2. The largest absolute Gasteiger partial charge is 0.496 e. The first-order valence-electron chi connectivity index (χ1n) is 10.2. The number of alkyl halides is 6. The van der Waals surface area contributed by atoms with Crippen LogP contribution < -0.4 is 14.8 Å². The molecule has 3 aromatic rings. The number of benzene rings is 3. The molecule has 0 unspecified atom stereocenters. The van der Waals surface area contributed by atoms with Gasteiger partial charge in [-0.05, 0) is 48.5 Å². The topological polar surface area (TPSA) is 122 Å². The van der Waals surface area contributed by atoms with Gasteiger partial charge < -0.3 is 15.2 Å². The van der Waals surface area contributed by atoms with Crippen molar-refractivity contribution in [2.75, 3.05) is 17.1 Å². The number of carbonyl (C=O) groups is 2. The second kappa shape index (κ2) is 10.2. The van der Waals surface area contributed by atoms with Gasteiger partial charge in [0.05, 0.1) is 29.6 Å². The Morgan fingerprint density at radius 2 is 1.45 bits per heavy atom. The summed E-state index contributed by atoms with van der Waals surface area (Å²) in [6.07, 6.45) is -10.4. The van der Waals surface area contributed by atoms with Gasteiger partial charge in [-0.3, -0.25) is 9.52 Å². The maximum absolute atomic E-state index is 13.2. The molecule has 15 heteroatoms. The van der Waals surface area contributed by atoms with Gasteiger partial charge in [0.15, 0.2) is 0 Å². The summed E-state index contributed by atoms with van der Waals surface area (Å²) in [5, 5.41) is 11.4. The molecule has 0 fully saturated rings. The Morgan fingerprint density at radius 1 is 0.868 bits per heavy atom.